The van der Waals surface area contributed by atoms with Gasteiger partial charge in [0.2, 0.25) is 0 Å². The number of urea groups is 1. The summed E-state index contributed by atoms with van der Waals surface area (Å²) < 4.78 is 5.26. The Bertz CT molecular complexity index is 660. The molecule has 1 unspecified atom stereocenters. The summed E-state index contributed by atoms with van der Waals surface area (Å²) in [6.07, 6.45) is 0.939. The molecule has 2 N–H and O–H groups in total. The lowest BCUT2D eigenvalue weighted by molar-refractivity contribution is 0.222. The van der Waals surface area contributed by atoms with E-state index in [2.05, 4.69) is 10.6 Å². The number of nitrogens with zero attached hydrogens (tertiary/aromatic N) is 1. The summed E-state index contributed by atoms with van der Waals surface area (Å²) in [5, 5.41) is 6.39. The summed E-state index contributed by atoms with van der Waals surface area (Å²) in [5.74, 6) is 0.666. The fraction of sp³-hybridized carbons (Fsp3) is 0.278. The number of benzene rings is 2. The minimum atomic E-state index is -0.0909. The number of ether oxygens (including phenoxy) is 1. The lowest BCUT2D eigenvalue weighted by atomic mass is 10.2. The Kier molecular flexibility index (Phi) is 4.66. The van der Waals surface area contributed by atoms with Crippen LogP contribution >= 0.6 is 0 Å². The third-order valence-corrected chi connectivity index (χ3v) is 3.97. The maximum atomic E-state index is 12.4. The van der Waals surface area contributed by atoms with Gasteiger partial charge in [-0.05, 0) is 30.7 Å². The van der Waals surface area contributed by atoms with Crippen molar-refractivity contribution in [3.63, 3.8) is 0 Å². The normalized spacial score (nSPS) is 16.9. The van der Waals surface area contributed by atoms with Crippen LogP contribution in [-0.4, -0.2) is 37.2 Å². The van der Waals surface area contributed by atoms with E-state index in [4.69, 9.17) is 4.74 Å². The number of likely N-dealkylation sites (tertiary alicyclic amines) is 1. The van der Waals surface area contributed by atoms with Crippen LogP contribution in [0.2, 0.25) is 0 Å². The highest BCUT2D eigenvalue weighted by atomic mass is 16.5. The van der Waals surface area contributed by atoms with Gasteiger partial charge in [0, 0.05) is 24.8 Å². The predicted molar refractivity (Wildman–Crippen MR) is 92.1 cm³/mol. The smallest absolute Gasteiger partial charge is 0.322 e. The van der Waals surface area contributed by atoms with E-state index in [1.807, 2.05) is 59.5 Å². The third kappa shape index (κ3) is 3.74. The zero-order valence-electron chi connectivity index (χ0n) is 13.2. The molecule has 120 valence electrons. The van der Waals surface area contributed by atoms with Crippen LogP contribution in [0, 0.1) is 0 Å². The number of carbonyl (C=O) groups excluding carboxylic acids is 1. The SMILES string of the molecule is COc1ccccc1NC(=O)N1CCC(Nc2ccccc2)C1. The maximum Gasteiger partial charge on any atom is 0.322 e. The number of rotatable bonds is 4. The number of hydrogen-bond donors (Lipinski definition) is 2. The van der Waals surface area contributed by atoms with Crippen molar-refractivity contribution in [1.29, 1.82) is 0 Å². The van der Waals surface area contributed by atoms with Gasteiger partial charge in [0.05, 0.1) is 12.8 Å². The first-order chi connectivity index (χ1) is 11.3. The van der Waals surface area contributed by atoms with Gasteiger partial charge in [0.25, 0.3) is 0 Å². The second-order valence-electron chi connectivity index (χ2n) is 5.57. The molecule has 23 heavy (non-hydrogen) atoms. The van der Waals surface area contributed by atoms with E-state index < -0.39 is 0 Å². The molecule has 2 aromatic carbocycles. The first-order valence-corrected chi connectivity index (χ1v) is 7.77. The van der Waals surface area contributed by atoms with Crippen molar-refractivity contribution >= 4 is 17.4 Å². The molecule has 0 spiro atoms. The topological polar surface area (TPSA) is 53.6 Å². The molecule has 1 aliphatic heterocycles. The van der Waals surface area contributed by atoms with Crippen molar-refractivity contribution in [2.45, 2.75) is 12.5 Å². The van der Waals surface area contributed by atoms with Gasteiger partial charge in [-0.25, -0.2) is 4.79 Å². The molecule has 0 radical (unpaired) electrons. The first kappa shape index (κ1) is 15.2. The van der Waals surface area contributed by atoms with E-state index >= 15 is 0 Å². The summed E-state index contributed by atoms with van der Waals surface area (Å²) in [6.45, 7) is 1.43. The van der Waals surface area contributed by atoms with E-state index in [9.17, 15) is 4.79 Å². The number of carbonyl (C=O) groups is 1. The molecule has 0 bridgehead atoms. The lowest BCUT2D eigenvalue weighted by Gasteiger charge is -2.19. The van der Waals surface area contributed by atoms with E-state index in [0.29, 0.717) is 18.0 Å². The number of methoxy groups -OCH3 is 1. The van der Waals surface area contributed by atoms with E-state index in [1.165, 1.54) is 0 Å². The van der Waals surface area contributed by atoms with Gasteiger partial charge >= 0.3 is 6.03 Å². The summed E-state index contributed by atoms with van der Waals surface area (Å²) >= 11 is 0. The van der Waals surface area contributed by atoms with Gasteiger partial charge in [0.1, 0.15) is 5.75 Å². The standard InChI is InChI=1S/C18H21N3O2/c1-23-17-10-6-5-9-16(17)20-18(22)21-12-11-15(13-21)19-14-7-3-2-4-8-14/h2-10,15,19H,11-13H2,1H3,(H,20,22). The van der Waals surface area contributed by atoms with E-state index in [1.54, 1.807) is 7.11 Å². The Hall–Kier alpha value is -2.69. The van der Waals surface area contributed by atoms with Crippen molar-refractivity contribution < 1.29 is 9.53 Å². The fourth-order valence-electron chi connectivity index (χ4n) is 2.77. The second kappa shape index (κ2) is 7.05. The minimum absolute atomic E-state index is 0.0909. The van der Waals surface area contributed by atoms with Crippen LogP contribution in [0.3, 0.4) is 0 Å². The van der Waals surface area contributed by atoms with Crippen LogP contribution in [-0.2, 0) is 0 Å². The number of nitrogens with one attached hydrogen (secondary N) is 2. The highest BCUT2D eigenvalue weighted by molar-refractivity contribution is 5.91. The van der Waals surface area contributed by atoms with Crippen LogP contribution in [0.15, 0.2) is 54.6 Å². The van der Waals surface area contributed by atoms with Gasteiger partial charge in [-0.3, -0.25) is 0 Å². The molecule has 0 aromatic heterocycles. The molecule has 1 heterocycles. The Morgan fingerprint density at radius 3 is 2.65 bits per heavy atom. The summed E-state index contributed by atoms with van der Waals surface area (Å²) in [6, 6.07) is 17.7. The number of hydrogen-bond acceptors (Lipinski definition) is 3. The Balaban J connectivity index is 1.57. The molecule has 5 heteroatoms. The van der Waals surface area contributed by atoms with Crippen LogP contribution in [0.1, 0.15) is 6.42 Å². The molecule has 0 saturated carbocycles. The van der Waals surface area contributed by atoms with Crippen LogP contribution in [0.25, 0.3) is 0 Å². The van der Waals surface area contributed by atoms with Gasteiger partial charge in [-0.15, -0.1) is 0 Å². The predicted octanol–water partition coefficient (Wildman–Crippen LogP) is 3.41. The van der Waals surface area contributed by atoms with Crippen molar-refractivity contribution in [2.24, 2.45) is 0 Å². The Morgan fingerprint density at radius 1 is 1.13 bits per heavy atom. The molecule has 0 aliphatic carbocycles. The highest BCUT2D eigenvalue weighted by Gasteiger charge is 2.26. The molecule has 1 fully saturated rings. The zero-order valence-corrected chi connectivity index (χ0v) is 13.2. The third-order valence-electron chi connectivity index (χ3n) is 3.97. The summed E-state index contributed by atoms with van der Waals surface area (Å²) in [5.41, 5.74) is 1.78. The van der Waals surface area contributed by atoms with Crippen molar-refractivity contribution in [3.8, 4) is 5.75 Å². The average molecular weight is 311 g/mol. The largest absolute Gasteiger partial charge is 0.495 e. The number of amides is 2. The highest BCUT2D eigenvalue weighted by Crippen LogP contribution is 2.24. The molecule has 2 amide bonds. The molecular formula is C18H21N3O2. The van der Waals surface area contributed by atoms with Crippen LogP contribution in [0.4, 0.5) is 16.2 Å². The van der Waals surface area contributed by atoms with E-state index in [0.717, 1.165) is 18.7 Å². The molecule has 2 aromatic rings. The molecule has 1 aliphatic rings. The van der Waals surface area contributed by atoms with Crippen LogP contribution < -0.4 is 15.4 Å². The van der Waals surface area contributed by atoms with Gasteiger partial charge in [0.15, 0.2) is 0 Å². The van der Waals surface area contributed by atoms with Gasteiger partial charge in [-0.2, -0.15) is 0 Å². The van der Waals surface area contributed by atoms with Crippen molar-refractivity contribution in [1.82, 2.24) is 4.90 Å². The van der Waals surface area contributed by atoms with E-state index in [-0.39, 0.29) is 12.1 Å². The summed E-state index contributed by atoms with van der Waals surface area (Å²) in [4.78, 5) is 14.2. The minimum Gasteiger partial charge on any atom is -0.495 e. The molecule has 1 saturated heterocycles. The monoisotopic (exact) mass is 311 g/mol. The quantitative estimate of drug-likeness (QED) is 0.910. The molecular weight excluding hydrogens is 290 g/mol. The molecule has 5 nitrogen and oxygen atoms in total. The fourth-order valence-corrected chi connectivity index (χ4v) is 2.77. The number of anilines is 2. The van der Waals surface area contributed by atoms with Gasteiger partial charge < -0.3 is 20.3 Å². The molecule has 1 atom stereocenters. The second-order valence-corrected chi connectivity index (χ2v) is 5.57. The van der Waals surface area contributed by atoms with Crippen molar-refractivity contribution in [3.05, 3.63) is 54.6 Å². The average Bonchev–Trinajstić information content (AvgIpc) is 3.05. The number of para-hydroxylation sites is 3. The first-order valence-electron chi connectivity index (χ1n) is 7.77. The van der Waals surface area contributed by atoms with Crippen LogP contribution in [0.5, 0.6) is 5.75 Å². The maximum absolute atomic E-state index is 12.4. The zero-order chi connectivity index (χ0) is 16.1. The van der Waals surface area contributed by atoms with Crippen molar-refractivity contribution in [2.75, 3.05) is 30.8 Å². The molecule has 3 rings (SSSR count). The lowest BCUT2D eigenvalue weighted by Crippen LogP contribution is -2.35. The van der Waals surface area contributed by atoms with Gasteiger partial charge in [-0.1, -0.05) is 30.3 Å². The summed E-state index contributed by atoms with van der Waals surface area (Å²) in [7, 11) is 1.60. The Morgan fingerprint density at radius 2 is 1.87 bits per heavy atom. The Labute approximate surface area is 136 Å².